The quantitative estimate of drug-likeness (QED) is 0.868. The SMILES string of the molecule is CC(C)CNC(C)c1c[nH]c(=O)c2ccccc12. The van der Waals surface area contributed by atoms with Crippen LogP contribution >= 0.6 is 0 Å². The summed E-state index contributed by atoms with van der Waals surface area (Å²) in [5.74, 6) is 0.612. The highest BCUT2D eigenvalue weighted by atomic mass is 16.1. The van der Waals surface area contributed by atoms with Gasteiger partial charge >= 0.3 is 0 Å². The maximum absolute atomic E-state index is 11.7. The third-order valence-corrected chi connectivity index (χ3v) is 3.14. The summed E-state index contributed by atoms with van der Waals surface area (Å²) in [5, 5.41) is 5.28. The first-order valence-corrected chi connectivity index (χ1v) is 6.43. The van der Waals surface area contributed by atoms with E-state index in [0.717, 1.165) is 22.9 Å². The van der Waals surface area contributed by atoms with Gasteiger partial charge in [0.2, 0.25) is 0 Å². The maximum Gasteiger partial charge on any atom is 0.255 e. The Morgan fingerprint density at radius 3 is 2.50 bits per heavy atom. The van der Waals surface area contributed by atoms with Crippen LogP contribution in [0, 0.1) is 5.92 Å². The van der Waals surface area contributed by atoms with E-state index in [1.54, 1.807) is 0 Å². The van der Waals surface area contributed by atoms with Crippen molar-refractivity contribution in [3.8, 4) is 0 Å². The molecule has 1 heterocycles. The first-order chi connectivity index (χ1) is 8.59. The third-order valence-electron chi connectivity index (χ3n) is 3.14. The van der Waals surface area contributed by atoms with E-state index in [0.29, 0.717) is 5.92 Å². The summed E-state index contributed by atoms with van der Waals surface area (Å²) in [6, 6.07) is 7.98. The van der Waals surface area contributed by atoms with Gasteiger partial charge in [-0.25, -0.2) is 0 Å². The molecule has 18 heavy (non-hydrogen) atoms. The summed E-state index contributed by atoms with van der Waals surface area (Å²) >= 11 is 0. The Balaban J connectivity index is 2.39. The second-order valence-corrected chi connectivity index (χ2v) is 5.14. The van der Waals surface area contributed by atoms with Crippen LogP contribution in [-0.4, -0.2) is 11.5 Å². The van der Waals surface area contributed by atoms with Gasteiger partial charge in [-0.1, -0.05) is 32.0 Å². The second-order valence-electron chi connectivity index (χ2n) is 5.14. The molecule has 96 valence electrons. The fourth-order valence-corrected chi connectivity index (χ4v) is 2.11. The fraction of sp³-hybridized carbons (Fsp3) is 0.400. The van der Waals surface area contributed by atoms with Crippen molar-refractivity contribution in [2.24, 2.45) is 5.92 Å². The van der Waals surface area contributed by atoms with Gasteiger partial charge in [0.1, 0.15) is 0 Å². The summed E-state index contributed by atoms with van der Waals surface area (Å²) < 4.78 is 0. The highest BCUT2D eigenvalue weighted by Crippen LogP contribution is 2.20. The minimum absolute atomic E-state index is 0.0228. The molecule has 1 aromatic carbocycles. The minimum atomic E-state index is -0.0228. The molecule has 3 nitrogen and oxygen atoms in total. The standard InChI is InChI=1S/C15H20N2O/c1-10(2)8-16-11(3)14-9-17-15(18)13-7-5-4-6-12(13)14/h4-7,9-11,16H,8H2,1-3H3,(H,17,18). The Hall–Kier alpha value is -1.61. The van der Waals surface area contributed by atoms with Crippen LogP contribution in [0.15, 0.2) is 35.3 Å². The molecule has 1 atom stereocenters. The van der Waals surface area contributed by atoms with Gasteiger partial charge in [0.05, 0.1) is 0 Å². The molecule has 1 unspecified atom stereocenters. The summed E-state index contributed by atoms with van der Waals surface area (Å²) in [5.41, 5.74) is 1.12. The van der Waals surface area contributed by atoms with Gasteiger partial charge < -0.3 is 10.3 Å². The molecule has 2 rings (SSSR count). The lowest BCUT2D eigenvalue weighted by atomic mass is 10.0. The van der Waals surface area contributed by atoms with Crippen LogP contribution in [0.25, 0.3) is 10.8 Å². The molecular weight excluding hydrogens is 224 g/mol. The Morgan fingerprint density at radius 2 is 1.83 bits per heavy atom. The van der Waals surface area contributed by atoms with Crippen molar-refractivity contribution in [3.63, 3.8) is 0 Å². The highest BCUT2D eigenvalue weighted by Gasteiger charge is 2.10. The zero-order valence-corrected chi connectivity index (χ0v) is 11.2. The number of rotatable bonds is 4. The van der Waals surface area contributed by atoms with Gasteiger partial charge in [0.25, 0.3) is 5.56 Å². The van der Waals surface area contributed by atoms with Gasteiger partial charge in [-0.3, -0.25) is 4.79 Å². The molecule has 0 radical (unpaired) electrons. The van der Waals surface area contributed by atoms with Crippen LogP contribution in [0.5, 0.6) is 0 Å². The normalized spacial score (nSPS) is 13.1. The minimum Gasteiger partial charge on any atom is -0.328 e. The third kappa shape index (κ3) is 2.62. The van der Waals surface area contributed by atoms with Gasteiger partial charge in [-0.2, -0.15) is 0 Å². The highest BCUT2D eigenvalue weighted by molar-refractivity contribution is 5.84. The van der Waals surface area contributed by atoms with Crippen molar-refractivity contribution in [3.05, 3.63) is 46.4 Å². The largest absolute Gasteiger partial charge is 0.328 e. The number of aromatic amines is 1. The number of hydrogen-bond acceptors (Lipinski definition) is 2. The fourth-order valence-electron chi connectivity index (χ4n) is 2.11. The van der Waals surface area contributed by atoms with Crippen LogP contribution in [-0.2, 0) is 0 Å². The van der Waals surface area contributed by atoms with E-state index in [1.807, 2.05) is 30.5 Å². The van der Waals surface area contributed by atoms with Crippen molar-refractivity contribution in [1.29, 1.82) is 0 Å². The van der Waals surface area contributed by atoms with E-state index in [2.05, 4.69) is 31.1 Å². The van der Waals surface area contributed by atoms with Crippen LogP contribution in [0.3, 0.4) is 0 Å². The molecule has 0 aliphatic heterocycles. The average Bonchev–Trinajstić information content (AvgIpc) is 2.37. The van der Waals surface area contributed by atoms with E-state index < -0.39 is 0 Å². The number of H-pyrrole nitrogens is 1. The second kappa shape index (κ2) is 5.36. The van der Waals surface area contributed by atoms with E-state index in [-0.39, 0.29) is 11.6 Å². The smallest absolute Gasteiger partial charge is 0.255 e. The number of pyridine rings is 1. The molecular formula is C15H20N2O. The Kier molecular flexibility index (Phi) is 3.82. The average molecular weight is 244 g/mol. The molecule has 2 N–H and O–H groups in total. The maximum atomic E-state index is 11.7. The molecule has 1 aromatic heterocycles. The lowest BCUT2D eigenvalue weighted by Gasteiger charge is -2.17. The van der Waals surface area contributed by atoms with Gasteiger partial charge in [-0.15, -0.1) is 0 Å². The van der Waals surface area contributed by atoms with Gasteiger partial charge in [0, 0.05) is 17.6 Å². The summed E-state index contributed by atoms with van der Waals surface area (Å²) in [6.45, 7) is 7.46. The van der Waals surface area contributed by atoms with Crippen molar-refractivity contribution >= 4 is 10.8 Å². The molecule has 0 saturated heterocycles. The zero-order valence-electron chi connectivity index (χ0n) is 11.2. The van der Waals surface area contributed by atoms with Crippen molar-refractivity contribution < 1.29 is 0 Å². The number of benzene rings is 1. The molecule has 0 amide bonds. The molecule has 0 fully saturated rings. The zero-order chi connectivity index (χ0) is 13.1. The Morgan fingerprint density at radius 1 is 1.17 bits per heavy atom. The monoisotopic (exact) mass is 244 g/mol. The lowest BCUT2D eigenvalue weighted by molar-refractivity contribution is 0.497. The van der Waals surface area contributed by atoms with Crippen LogP contribution < -0.4 is 10.9 Å². The molecule has 0 bridgehead atoms. The van der Waals surface area contributed by atoms with E-state index in [9.17, 15) is 4.79 Å². The lowest BCUT2D eigenvalue weighted by Crippen LogP contribution is -2.24. The Bertz CT molecular complexity index is 586. The first kappa shape index (κ1) is 12.8. The first-order valence-electron chi connectivity index (χ1n) is 6.43. The van der Waals surface area contributed by atoms with Crippen molar-refractivity contribution in [2.45, 2.75) is 26.8 Å². The van der Waals surface area contributed by atoms with Crippen molar-refractivity contribution in [2.75, 3.05) is 6.54 Å². The summed E-state index contributed by atoms with van der Waals surface area (Å²) in [7, 11) is 0. The summed E-state index contributed by atoms with van der Waals surface area (Å²) in [4.78, 5) is 14.6. The summed E-state index contributed by atoms with van der Waals surface area (Å²) in [6.07, 6.45) is 1.82. The Labute approximate surface area is 107 Å². The molecule has 0 aliphatic carbocycles. The molecule has 3 heteroatoms. The molecule has 0 spiro atoms. The van der Waals surface area contributed by atoms with Gasteiger partial charge in [-0.05, 0) is 36.4 Å². The topological polar surface area (TPSA) is 44.9 Å². The predicted octanol–water partition coefficient (Wildman–Crippen LogP) is 2.83. The molecule has 2 aromatic rings. The van der Waals surface area contributed by atoms with E-state index in [4.69, 9.17) is 0 Å². The number of hydrogen-bond donors (Lipinski definition) is 2. The number of aromatic nitrogens is 1. The number of nitrogens with one attached hydrogen (secondary N) is 2. The molecule has 0 aliphatic rings. The van der Waals surface area contributed by atoms with Crippen LogP contribution in [0.4, 0.5) is 0 Å². The number of fused-ring (bicyclic) bond motifs is 1. The molecule has 0 saturated carbocycles. The van der Waals surface area contributed by atoms with E-state index >= 15 is 0 Å². The van der Waals surface area contributed by atoms with Crippen molar-refractivity contribution in [1.82, 2.24) is 10.3 Å². The van der Waals surface area contributed by atoms with Crippen LogP contribution in [0.2, 0.25) is 0 Å². The predicted molar refractivity (Wildman–Crippen MR) is 75.8 cm³/mol. The van der Waals surface area contributed by atoms with Gasteiger partial charge in [0.15, 0.2) is 0 Å². The van der Waals surface area contributed by atoms with Crippen LogP contribution in [0.1, 0.15) is 32.4 Å². The van der Waals surface area contributed by atoms with E-state index in [1.165, 1.54) is 0 Å².